The number of carbonyl (C=O) groups excluding carboxylic acids is 1. The summed E-state index contributed by atoms with van der Waals surface area (Å²) in [7, 11) is 0. The second kappa shape index (κ2) is 5.33. The van der Waals surface area contributed by atoms with Gasteiger partial charge in [0.25, 0.3) is 0 Å². The lowest BCUT2D eigenvalue weighted by atomic mass is 9.46. The lowest BCUT2D eigenvalue weighted by Crippen LogP contribution is -2.82. The fourth-order valence-electron chi connectivity index (χ4n) is 3.80. The summed E-state index contributed by atoms with van der Waals surface area (Å²) < 4.78 is 6.89. The summed E-state index contributed by atoms with van der Waals surface area (Å²) in [5.74, 6) is 0.0834. The normalized spacial score (nSPS) is 33.9. The highest BCUT2D eigenvalue weighted by Crippen LogP contribution is 2.57. The first-order valence-corrected chi connectivity index (χ1v) is 8.96. The van der Waals surface area contributed by atoms with Crippen LogP contribution in [-0.4, -0.2) is 24.2 Å². The molecule has 6 heteroatoms. The summed E-state index contributed by atoms with van der Waals surface area (Å²) in [5, 5.41) is 5.03. The molecule has 2 fully saturated rings. The summed E-state index contributed by atoms with van der Waals surface area (Å²) in [6.07, 6.45) is 2.07. The van der Waals surface area contributed by atoms with Crippen molar-refractivity contribution in [2.45, 2.75) is 44.9 Å². The Balaban J connectivity index is 1.70. The molecule has 1 aromatic heterocycles. The van der Waals surface area contributed by atoms with Crippen molar-refractivity contribution in [2.75, 3.05) is 6.61 Å². The van der Waals surface area contributed by atoms with Gasteiger partial charge >= 0.3 is 0 Å². The number of amides is 1. The zero-order chi connectivity index (χ0) is 15.3. The van der Waals surface area contributed by atoms with Gasteiger partial charge in [-0.3, -0.25) is 4.79 Å². The summed E-state index contributed by atoms with van der Waals surface area (Å²) in [6.45, 7) is 5.40. The van der Waals surface area contributed by atoms with E-state index in [1.807, 2.05) is 25.3 Å². The lowest BCUT2D eigenvalue weighted by Gasteiger charge is -2.65. The van der Waals surface area contributed by atoms with Gasteiger partial charge in [0.05, 0.1) is 12.6 Å². The molecule has 116 valence electrons. The van der Waals surface area contributed by atoms with Gasteiger partial charge in [-0.25, -0.2) is 0 Å². The molecule has 2 aliphatic rings. The van der Waals surface area contributed by atoms with Crippen LogP contribution in [-0.2, 0) is 16.1 Å². The molecular formula is C15H21BrN2O2S. The molecule has 0 spiro atoms. The molecule has 4 nitrogen and oxygen atoms in total. The Kier molecular flexibility index (Phi) is 3.93. The van der Waals surface area contributed by atoms with Crippen LogP contribution in [0.1, 0.15) is 31.6 Å². The average Bonchev–Trinajstić information content (AvgIpc) is 2.89. The van der Waals surface area contributed by atoms with Crippen molar-refractivity contribution in [2.24, 2.45) is 17.1 Å². The van der Waals surface area contributed by atoms with Crippen LogP contribution in [0.4, 0.5) is 0 Å². The van der Waals surface area contributed by atoms with E-state index in [-0.39, 0.29) is 23.3 Å². The van der Waals surface area contributed by atoms with E-state index in [1.165, 1.54) is 0 Å². The maximum atomic E-state index is 12.7. The van der Waals surface area contributed by atoms with Crippen molar-refractivity contribution in [1.29, 1.82) is 0 Å². The number of hydrogen-bond donors (Lipinski definition) is 2. The average molecular weight is 373 g/mol. The van der Waals surface area contributed by atoms with Crippen molar-refractivity contribution in [3.8, 4) is 0 Å². The van der Waals surface area contributed by atoms with Gasteiger partial charge in [0.1, 0.15) is 5.54 Å². The SMILES string of the molecule is CC1(C)C2OCCCC2C1(N)C(=O)NCc1cc(Br)cs1. The standard InChI is InChI=1S/C15H21BrN2O2S/c1-14(2)12-11(4-3-5-20-12)15(14,17)13(19)18-7-10-6-9(16)8-21-10/h6,8,11-12H,3-5,7,17H2,1-2H3,(H,18,19). The second-order valence-electron chi connectivity index (χ2n) is 6.54. The Morgan fingerprint density at radius 1 is 1.62 bits per heavy atom. The molecule has 1 saturated carbocycles. The van der Waals surface area contributed by atoms with Gasteiger partial charge < -0.3 is 15.8 Å². The molecule has 2 heterocycles. The summed E-state index contributed by atoms with van der Waals surface area (Å²) in [4.78, 5) is 13.8. The van der Waals surface area contributed by atoms with E-state index in [0.717, 1.165) is 28.8 Å². The Morgan fingerprint density at radius 3 is 3.05 bits per heavy atom. The van der Waals surface area contributed by atoms with Crippen molar-refractivity contribution >= 4 is 33.2 Å². The van der Waals surface area contributed by atoms with Crippen LogP contribution in [0.3, 0.4) is 0 Å². The molecule has 3 atom stereocenters. The van der Waals surface area contributed by atoms with E-state index >= 15 is 0 Å². The van der Waals surface area contributed by atoms with Gasteiger partial charge in [0, 0.05) is 32.7 Å². The van der Waals surface area contributed by atoms with Gasteiger partial charge in [0.15, 0.2) is 0 Å². The Hall–Kier alpha value is -0.430. The van der Waals surface area contributed by atoms with Gasteiger partial charge in [-0.05, 0) is 34.8 Å². The number of thiophene rings is 1. The molecule has 3 rings (SSSR count). The highest BCUT2D eigenvalue weighted by Gasteiger charge is 2.70. The largest absolute Gasteiger partial charge is 0.377 e. The van der Waals surface area contributed by atoms with Crippen LogP contribution >= 0.6 is 27.3 Å². The van der Waals surface area contributed by atoms with Crippen LogP contribution in [0, 0.1) is 11.3 Å². The molecule has 1 aliphatic heterocycles. The molecule has 21 heavy (non-hydrogen) atoms. The van der Waals surface area contributed by atoms with E-state index in [1.54, 1.807) is 11.3 Å². The predicted octanol–water partition coefficient (Wildman–Crippen LogP) is 2.66. The fraction of sp³-hybridized carbons (Fsp3) is 0.667. The third-order valence-corrected chi connectivity index (χ3v) is 6.80. The van der Waals surface area contributed by atoms with Crippen LogP contribution in [0.15, 0.2) is 15.9 Å². The molecule has 1 aromatic rings. The highest BCUT2D eigenvalue weighted by molar-refractivity contribution is 9.10. The molecule has 1 saturated heterocycles. The third kappa shape index (κ3) is 2.27. The minimum Gasteiger partial charge on any atom is -0.377 e. The first-order valence-electron chi connectivity index (χ1n) is 7.29. The minimum absolute atomic E-state index is 0.0521. The number of fused-ring (bicyclic) bond motifs is 1. The molecule has 0 aromatic carbocycles. The van der Waals surface area contributed by atoms with Crippen molar-refractivity contribution in [1.82, 2.24) is 5.32 Å². The van der Waals surface area contributed by atoms with Crippen LogP contribution in [0.25, 0.3) is 0 Å². The summed E-state index contributed by atoms with van der Waals surface area (Å²) in [5.41, 5.74) is 5.40. The maximum absolute atomic E-state index is 12.7. The second-order valence-corrected chi connectivity index (χ2v) is 8.46. The van der Waals surface area contributed by atoms with Crippen molar-refractivity contribution in [3.63, 3.8) is 0 Å². The Bertz CT molecular complexity index is 560. The number of halogens is 1. The number of hydrogen-bond acceptors (Lipinski definition) is 4. The number of ether oxygens (including phenoxy) is 1. The van der Waals surface area contributed by atoms with E-state index < -0.39 is 5.54 Å². The number of carbonyl (C=O) groups is 1. The zero-order valence-corrected chi connectivity index (χ0v) is 14.7. The third-order valence-electron chi connectivity index (χ3n) is 5.11. The smallest absolute Gasteiger partial charge is 0.241 e. The van der Waals surface area contributed by atoms with Crippen molar-refractivity contribution < 1.29 is 9.53 Å². The number of nitrogens with two attached hydrogens (primary N) is 1. The van der Waals surface area contributed by atoms with Gasteiger partial charge in [-0.1, -0.05) is 13.8 Å². The summed E-state index contributed by atoms with van der Waals surface area (Å²) in [6, 6.07) is 2.02. The van der Waals surface area contributed by atoms with E-state index in [0.29, 0.717) is 6.54 Å². The summed E-state index contributed by atoms with van der Waals surface area (Å²) >= 11 is 5.05. The van der Waals surface area contributed by atoms with Crippen LogP contribution in [0.2, 0.25) is 0 Å². The topological polar surface area (TPSA) is 64.3 Å². The monoisotopic (exact) mass is 372 g/mol. The number of nitrogens with one attached hydrogen (secondary N) is 1. The first kappa shape index (κ1) is 15.5. The molecule has 3 unspecified atom stereocenters. The zero-order valence-electron chi connectivity index (χ0n) is 12.3. The molecular weight excluding hydrogens is 352 g/mol. The van der Waals surface area contributed by atoms with Gasteiger partial charge in [0.2, 0.25) is 5.91 Å². The van der Waals surface area contributed by atoms with E-state index in [9.17, 15) is 4.79 Å². The highest BCUT2D eigenvalue weighted by atomic mass is 79.9. The molecule has 3 N–H and O–H groups in total. The van der Waals surface area contributed by atoms with Crippen LogP contribution < -0.4 is 11.1 Å². The first-order chi connectivity index (χ1) is 9.87. The van der Waals surface area contributed by atoms with E-state index in [2.05, 4.69) is 21.2 Å². The molecule has 0 bridgehead atoms. The molecule has 1 amide bonds. The minimum atomic E-state index is -0.827. The Morgan fingerprint density at radius 2 is 2.38 bits per heavy atom. The van der Waals surface area contributed by atoms with Crippen LogP contribution in [0.5, 0.6) is 0 Å². The lowest BCUT2D eigenvalue weighted by molar-refractivity contribution is -0.225. The van der Waals surface area contributed by atoms with E-state index in [4.69, 9.17) is 10.5 Å². The van der Waals surface area contributed by atoms with Gasteiger partial charge in [-0.15, -0.1) is 11.3 Å². The molecule has 1 aliphatic carbocycles. The maximum Gasteiger partial charge on any atom is 0.241 e. The van der Waals surface area contributed by atoms with Crippen molar-refractivity contribution in [3.05, 3.63) is 20.8 Å². The predicted molar refractivity (Wildman–Crippen MR) is 87.0 cm³/mol. The number of rotatable bonds is 3. The van der Waals surface area contributed by atoms with Gasteiger partial charge in [-0.2, -0.15) is 0 Å². The quantitative estimate of drug-likeness (QED) is 0.856. The Labute approximate surface area is 137 Å². The fourth-order valence-corrected chi connectivity index (χ4v) is 5.19. The molecule has 0 radical (unpaired) electrons.